The third-order valence-corrected chi connectivity index (χ3v) is 7.37. The molecular formula is C24H31N3O4S. The smallest absolute Gasteiger partial charge is 0.255 e. The summed E-state index contributed by atoms with van der Waals surface area (Å²) in [6.45, 7) is 8.29. The monoisotopic (exact) mass is 457 g/mol. The normalized spacial score (nSPS) is 15.2. The number of hydrogen-bond acceptors (Lipinski definition) is 4. The number of carbonyl (C=O) groups excluding carboxylic acids is 2. The third-order valence-electron chi connectivity index (χ3n) is 5.47. The van der Waals surface area contributed by atoms with Crippen LogP contribution in [0.2, 0.25) is 0 Å². The van der Waals surface area contributed by atoms with Crippen LogP contribution in [0.3, 0.4) is 0 Å². The molecule has 1 fully saturated rings. The standard InChI is InChI=1S/C24H31N3O4S/c1-17-11-12-20(32(30,31)27-13-6-5-7-14-27)16-21(17)26-22(28)18-9-8-10-19(15-18)25-23(29)24(2,3)4/h8-12,15-16H,5-7,13-14H2,1-4H3,(H,25,29)(H,26,28). The molecule has 2 N–H and O–H groups in total. The van der Waals surface area contributed by atoms with E-state index in [0.717, 1.165) is 24.8 Å². The van der Waals surface area contributed by atoms with Gasteiger partial charge in [0.2, 0.25) is 15.9 Å². The molecule has 0 aromatic heterocycles. The van der Waals surface area contributed by atoms with Crippen LogP contribution < -0.4 is 10.6 Å². The molecule has 1 aliphatic rings. The largest absolute Gasteiger partial charge is 0.326 e. The molecule has 2 aromatic rings. The summed E-state index contributed by atoms with van der Waals surface area (Å²) in [4.78, 5) is 25.3. The van der Waals surface area contributed by atoms with Gasteiger partial charge in [-0.05, 0) is 55.7 Å². The van der Waals surface area contributed by atoms with E-state index >= 15 is 0 Å². The van der Waals surface area contributed by atoms with Crippen LogP contribution in [0.25, 0.3) is 0 Å². The summed E-state index contributed by atoms with van der Waals surface area (Å²) in [6, 6.07) is 11.5. The summed E-state index contributed by atoms with van der Waals surface area (Å²) in [6.07, 6.45) is 2.75. The zero-order valence-corrected chi connectivity index (χ0v) is 19.9. The number of amides is 2. The molecule has 0 radical (unpaired) electrons. The lowest BCUT2D eigenvalue weighted by Gasteiger charge is -2.26. The van der Waals surface area contributed by atoms with Crippen molar-refractivity contribution in [1.82, 2.24) is 4.31 Å². The summed E-state index contributed by atoms with van der Waals surface area (Å²) < 4.78 is 27.5. The highest BCUT2D eigenvalue weighted by molar-refractivity contribution is 7.89. The number of hydrogen-bond donors (Lipinski definition) is 2. The number of aryl methyl sites for hydroxylation is 1. The first kappa shape index (κ1) is 23.9. The van der Waals surface area contributed by atoms with Crippen molar-refractivity contribution >= 4 is 33.2 Å². The Morgan fingerprint density at radius 1 is 0.938 bits per heavy atom. The molecule has 2 aromatic carbocycles. The van der Waals surface area contributed by atoms with Gasteiger partial charge in [-0.2, -0.15) is 4.31 Å². The molecule has 1 heterocycles. The van der Waals surface area contributed by atoms with Gasteiger partial charge in [-0.3, -0.25) is 9.59 Å². The van der Waals surface area contributed by atoms with Crippen LogP contribution in [-0.2, 0) is 14.8 Å². The fourth-order valence-electron chi connectivity index (χ4n) is 3.40. The predicted molar refractivity (Wildman–Crippen MR) is 126 cm³/mol. The maximum Gasteiger partial charge on any atom is 0.255 e. The molecule has 7 nitrogen and oxygen atoms in total. The Labute approximate surface area is 190 Å². The molecule has 172 valence electrons. The number of nitrogens with one attached hydrogen (secondary N) is 2. The van der Waals surface area contributed by atoms with Gasteiger partial charge in [0.05, 0.1) is 4.90 Å². The number of benzene rings is 2. The lowest BCUT2D eigenvalue weighted by molar-refractivity contribution is -0.123. The van der Waals surface area contributed by atoms with Crippen molar-refractivity contribution in [2.45, 2.75) is 51.9 Å². The summed E-state index contributed by atoms with van der Waals surface area (Å²) >= 11 is 0. The Hall–Kier alpha value is -2.71. The quantitative estimate of drug-likeness (QED) is 0.695. The Morgan fingerprint density at radius 3 is 2.28 bits per heavy atom. The molecule has 0 bridgehead atoms. The van der Waals surface area contributed by atoms with Crippen LogP contribution in [0, 0.1) is 12.3 Å². The molecule has 0 unspecified atom stereocenters. The highest BCUT2D eigenvalue weighted by Crippen LogP contribution is 2.26. The van der Waals surface area contributed by atoms with E-state index in [0.29, 0.717) is 30.0 Å². The van der Waals surface area contributed by atoms with Gasteiger partial charge in [0, 0.05) is 35.4 Å². The lowest BCUT2D eigenvalue weighted by atomic mass is 9.95. The van der Waals surface area contributed by atoms with Gasteiger partial charge in [-0.25, -0.2) is 8.42 Å². The second kappa shape index (κ2) is 9.42. The Bertz CT molecular complexity index is 1110. The first-order chi connectivity index (χ1) is 15.0. The van der Waals surface area contributed by atoms with Gasteiger partial charge in [0.25, 0.3) is 5.91 Å². The molecule has 1 aliphatic heterocycles. The van der Waals surface area contributed by atoms with Crippen molar-refractivity contribution in [3.63, 3.8) is 0 Å². The number of sulfonamides is 1. The number of carbonyl (C=O) groups is 2. The van der Waals surface area contributed by atoms with Crippen molar-refractivity contribution in [1.29, 1.82) is 0 Å². The highest BCUT2D eigenvalue weighted by Gasteiger charge is 2.26. The number of nitrogens with zero attached hydrogens (tertiary/aromatic N) is 1. The minimum Gasteiger partial charge on any atom is -0.326 e. The van der Waals surface area contributed by atoms with Gasteiger partial charge in [-0.1, -0.05) is 39.3 Å². The molecule has 1 saturated heterocycles. The zero-order chi connectivity index (χ0) is 23.5. The number of piperidine rings is 1. The van der Waals surface area contributed by atoms with Crippen molar-refractivity contribution in [3.05, 3.63) is 53.6 Å². The van der Waals surface area contributed by atoms with Gasteiger partial charge in [-0.15, -0.1) is 0 Å². The highest BCUT2D eigenvalue weighted by atomic mass is 32.2. The third kappa shape index (κ3) is 5.55. The van der Waals surface area contributed by atoms with E-state index in [4.69, 9.17) is 0 Å². The van der Waals surface area contributed by atoms with Crippen molar-refractivity contribution in [3.8, 4) is 0 Å². The first-order valence-corrected chi connectivity index (χ1v) is 12.3. The van der Waals surface area contributed by atoms with Crippen molar-refractivity contribution in [2.75, 3.05) is 23.7 Å². The SMILES string of the molecule is Cc1ccc(S(=O)(=O)N2CCCCC2)cc1NC(=O)c1cccc(NC(=O)C(C)(C)C)c1. The van der Waals surface area contributed by atoms with Crippen LogP contribution in [0.1, 0.15) is 56.0 Å². The van der Waals surface area contributed by atoms with Crippen LogP contribution >= 0.6 is 0 Å². The van der Waals surface area contributed by atoms with Crippen LogP contribution in [0.5, 0.6) is 0 Å². The number of anilines is 2. The van der Waals surface area contributed by atoms with Crippen molar-refractivity contribution < 1.29 is 18.0 Å². The Kier molecular flexibility index (Phi) is 7.05. The average molecular weight is 458 g/mol. The van der Waals surface area contributed by atoms with Crippen LogP contribution in [-0.4, -0.2) is 37.6 Å². The molecule has 0 aliphatic carbocycles. The van der Waals surface area contributed by atoms with E-state index < -0.39 is 15.4 Å². The molecule has 32 heavy (non-hydrogen) atoms. The van der Waals surface area contributed by atoms with E-state index in [1.807, 2.05) is 27.7 Å². The fourth-order valence-corrected chi connectivity index (χ4v) is 4.95. The molecule has 8 heteroatoms. The maximum absolute atomic E-state index is 13.0. The van der Waals surface area contributed by atoms with Crippen LogP contribution in [0.4, 0.5) is 11.4 Å². The fraction of sp³-hybridized carbons (Fsp3) is 0.417. The second-order valence-corrected chi connectivity index (χ2v) is 11.1. The predicted octanol–water partition coefficient (Wildman–Crippen LogP) is 4.41. The average Bonchev–Trinajstić information content (AvgIpc) is 2.75. The molecular weight excluding hydrogens is 426 g/mol. The molecule has 0 saturated carbocycles. The Morgan fingerprint density at radius 2 is 1.62 bits per heavy atom. The van der Waals surface area contributed by atoms with Gasteiger partial charge >= 0.3 is 0 Å². The van der Waals surface area contributed by atoms with E-state index in [1.54, 1.807) is 36.4 Å². The van der Waals surface area contributed by atoms with Gasteiger partial charge in [0.15, 0.2) is 0 Å². The molecule has 0 atom stereocenters. The Balaban J connectivity index is 1.80. The van der Waals surface area contributed by atoms with E-state index in [-0.39, 0.29) is 16.7 Å². The van der Waals surface area contributed by atoms with E-state index in [1.165, 1.54) is 10.4 Å². The maximum atomic E-state index is 13.0. The molecule has 0 spiro atoms. The summed E-state index contributed by atoms with van der Waals surface area (Å²) in [7, 11) is -3.60. The molecule has 3 rings (SSSR count). The van der Waals surface area contributed by atoms with Crippen LogP contribution in [0.15, 0.2) is 47.4 Å². The minimum absolute atomic E-state index is 0.151. The summed E-state index contributed by atoms with van der Waals surface area (Å²) in [5.41, 5.74) is 1.52. The zero-order valence-electron chi connectivity index (χ0n) is 19.1. The molecule has 2 amide bonds. The van der Waals surface area contributed by atoms with E-state index in [9.17, 15) is 18.0 Å². The van der Waals surface area contributed by atoms with Gasteiger partial charge < -0.3 is 10.6 Å². The summed E-state index contributed by atoms with van der Waals surface area (Å²) in [5.74, 6) is -0.533. The second-order valence-electron chi connectivity index (χ2n) is 9.18. The number of rotatable bonds is 5. The van der Waals surface area contributed by atoms with E-state index in [2.05, 4.69) is 10.6 Å². The van der Waals surface area contributed by atoms with Crippen molar-refractivity contribution in [2.24, 2.45) is 5.41 Å². The minimum atomic E-state index is -3.60. The summed E-state index contributed by atoms with van der Waals surface area (Å²) in [5, 5.41) is 5.63. The first-order valence-electron chi connectivity index (χ1n) is 10.8. The lowest BCUT2D eigenvalue weighted by Crippen LogP contribution is -2.35. The topological polar surface area (TPSA) is 95.6 Å². The van der Waals surface area contributed by atoms with Gasteiger partial charge in [0.1, 0.15) is 0 Å².